The van der Waals surface area contributed by atoms with Crippen LogP contribution in [-0.4, -0.2) is 29.8 Å². The Bertz CT molecular complexity index is 1320. The zero-order valence-corrected chi connectivity index (χ0v) is 20.6. The zero-order chi connectivity index (χ0) is 26.3. The molecule has 37 heavy (non-hydrogen) atoms. The van der Waals surface area contributed by atoms with Crippen molar-refractivity contribution in [3.05, 3.63) is 84.1 Å². The molecule has 3 aromatic carbocycles. The van der Waals surface area contributed by atoms with Crippen molar-refractivity contribution in [2.45, 2.75) is 32.5 Å². The van der Waals surface area contributed by atoms with Crippen LogP contribution in [0.25, 0.3) is 22.0 Å². The molecular formula is C29H30F3N3O2. The van der Waals surface area contributed by atoms with Gasteiger partial charge in [0.1, 0.15) is 0 Å². The summed E-state index contributed by atoms with van der Waals surface area (Å²) in [5, 5.41) is 17.9. The Kier molecular flexibility index (Phi) is 8.50. The van der Waals surface area contributed by atoms with Crippen molar-refractivity contribution in [1.29, 1.82) is 0 Å². The van der Waals surface area contributed by atoms with Crippen LogP contribution in [0.5, 0.6) is 11.5 Å². The van der Waals surface area contributed by atoms with Crippen LogP contribution >= 0.6 is 0 Å². The van der Waals surface area contributed by atoms with Gasteiger partial charge in [0.15, 0.2) is 11.5 Å². The Labute approximate surface area is 214 Å². The van der Waals surface area contributed by atoms with Gasteiger partial charge < -0.3 is 20.5 Å². The van der Waals surface area contributed by atoms with Crippen molar-refractivity contribution in [2.75, 3.05) is 25.0 Å². The molecule has 0 radical (unpaired) electrons. The summed E-state index contributed by atoms with van der Waals surface area (Å²) in [6.45, 7) is 4.69. The van der Waals surface area contributed by atoms with E-state index in [1.54, 1.807) is 12.3 Å². The second-order valence-corrected chi connectivity index (χ2v) is 8.74. The first kappa shape index (κ1) is 26.3. The van der Waals surface area contributed by atoms with E-state index >= 15 is 0 Å². The molecule has 0 unspecified atom stereocenters. The Balaban J connectivity index is 1.32. The van der Waals surface area contributed by atoms with Gasteiger partial charge in [0.25, 0.3) is 0 Å². The van der Waals surface area contributed by atoms with Crippen LogP contribution in [0.2, 0.25) is 0 Å². The highest BCUT2D eigenvalue weighted by atomic mass is 19.4. The van der Waals surface area contributed by atoms with Crippen LogP contribution in [0.1, 0.15) is 30.9 Å². The number of aromatic hydroxyl groups is 1. The van der Waals surface area contributed by atoms with Crippen molar-refractivity contribution >= 4 is 16.6 Å². The van der Waals surface area contributed by atoms with Crippen LogP contribution in [0.3, 0.4) is 0 Å². The van der Waals surface area contributed by atoms with Gasteiger partial charge in [0.2, 0.25) is 0 Å². The van der Waals surface area contributed by atoms with E-state index in [0.29, 0.717) is 24.5 Å². The zero-order valence-electron chi connectivity index (χ0n) is 20.6. The predicted molar refractivity (Wildman–Crippen MR) is 141 cm³/mol. The molecule has 0 aliphatic heterocycles. The van der Waals surface area contributed by atoms with Crippen LogP contribution < -0.4 is 15.4 Å². The first-order valence-corrected chi connectivity index (χ1v) is 12.3. The van der Waals surface area contributed by atoms with Crippen molar-refractivity contribution in [2.24, 2.45) is 0 Å². The molecule has 5 nitrogen and oxygen atoms in total. The summed E-state index contributed by atoms with van der Waals surface area (Å²) in [6.07, 6.45) is -0.889. The van der Waals surface area contributed by atoms with Crippen LogP contribution in [-0.2, 0) is 12.7 Å². The predicted octanol–water partition coefficient (Wildman–Crippen LogP) is 7.01. The molecule has 0 fully saturated rings. The highest BCUT2D eigenvalue weighted by Crippen LogP contribution is 2.33. The molecule has 1 heterocycles. The number of anilines is 1. The minimum absolute atomic E-state index is 0.153. The molecule has 0 saturated heterocycles. The maximum absolute atomic E-state index is 12.9. The summed E-state index contributed by atoms with van der Waals surface area (Å²) in [7, 11) is 0. The van der Waals surface area contributed by atoms with Crippen LogP contribution in [0.15, 0.2) is 72.9 Å². The lowest BCUT2D eigenvalue weighted by Gasteiger charge is -2.14. The molecule has 4 rings (SSSR count). The van der Waals surface area contributed by atoms with Crippen molar-refractivity contribution in [3.63, 3.8) is 0 Å². The highest BCUT2D eigenvalue weighted by Gasteiger charge is 2.30. The average Bonchev–Trinajstić information content (AvgIpc) is 2.89. The molecule has 0 spiro atoms. The maximum atomic E-state index is 12.9. The van der Waals surface area contributed by atoms with E-state index in [-0.39, 0.29) is 5.75 Å². The number of nitrogens with zero attached hydrogens (tertiary/aromatic N) is 1. The third kappa shape index (κ3) is 6.71. The Hall–Kier alpha value is -3.78. The van der Waals surface area contributed by atoms with E-state index in [2.05, 4.69) is 15.6 Å². The van der Waals surface area contributed by atoms with Gasteiger partial charge in [-0.3, -0.25) is 4.98 Å². The minimum Gasteiger partial charge on any atom is -0.504 e. The quantitative estimate of drug-likeness (QED) is 0.190. The van der Waals surface area contributed by atoms with Crippen molar-refractivity contribution < 1.29 is 23.0 Å². The summed E-state index contributed by atoms with van der Waals surface area (Å²) < 4.78 is 44.3. The number of para-hydroxylation sites is 1. The monoisotopic (exact) mass is 509 g/mol. The topological polar surface area (TPSA) is 66.4 Å². The number of halogens is 3. The number of hydrogen-bond acceptors (Lipinski definition) is 5. The van der Waals surface area contributed by atoms with Gasteiger partial charge in [0, 0.05) is 35.9 Å². The van der Waals surface area contributed by atoms with Crippen molar-refractivity contribution in [1.82, 2.24) is 10.3 Å². The summed E-state index contributed by atoms with van der Waals surface area (Å²) in [5.41, 5.74) is 3.49. The van der Waals surface area contributed by atoms with Crippen LogP contribution in [0.4, 0.5) is 18.9 Å². The molecule has 194 valence electrons. The lowest BCUT2D eigenvalue weighted by atomic mass is 10.0. The summed E-state index contributed by atoms with van der Waals surface area (Å²) >= 11 is 0. The minimum atomic E-state index is -4.35. The highest BCUT2D eigenvalue weighted by molar-refractivity contribution is 5.93. The number of ether oxygens (including phenoxy) is 1. The van der Waals surface area contributed by atoms with Gasteiger partial charge in [-0.1, -0.05) is 43.3 Å². The summed E-state index contributed by atoms with van der Waals surface area (Å²) in [6, 6.07) is 18.2. The molecule has 1 aromatic heterocycles. The molecule has 0 saturated carbocycles. The summed E-state index contributed by atoms with van der Waals surface area (Å²) in [5.74, 6) is 0.689. The standard InChI is InChI=1S/C29H30F3N3O2/c1-2-17-37-28-22(5-3-6-27(28)36)19-33-14-4-15-34-25-13-16-35-26-18-21(9-12-24(25)26)20-7-10-23(11-8-20)29(30,31)32/h3,5-13,16,18,33,36H,2,4,14-15,17,19H2,1H3,(H,34,35). The van der Waals surface area contributed by atoms with Gasteiger partial charge in [-0.15, -0.1) is 0 Å². The molecule has 0 atom stereocenters. The first-order valence-electron chi connectivity index (χ1n) is 12.3. The van der Waals surface area contributed by atoms with Gasteiger partial charge >= 0.3 is 6.18 Å². The van der Waals surface area contributed by atoms with E-state index < -0.39 is 11.7 Å². The van der Waals surface area contributed by atoms with E-state index in [0.717, 1.165) is 65.8 Å². The van der Waals surface area contributed by atoms with E-state index in [4.69, 9.17) is 4.74 Å². The first-order chi connectivity index (χ1) is 17.9. The van der Waals surface area contributed by atoms with E-state index in [1.807, 2.05) is 43.3 Å². The Morgan fingerprint density at radius 3 is 2.49 bits per heavy atom. The second-order valence-electron chi connectivity index (χ2n) is 8.74. The van der Waals surface area contributed by atoms with Crippen LogP contribution in [0, 0.1) is 0 Å². The number of aromatic nitrogens is 1. The fraction of sp³-hybridized carbons (Fsp3) is 0.276. The molecule has 4 aromatic rings. The fourth-order valence-corrected chi connectivity index (χ4v) is 4.07. The molecule has 0 aliphatic rings. The molecular weight excluding hydrogens is 479 g/mol. The number of fused-ring (bicyclic) bond motifs is 1. The lowest BCUT2D eigenvalue weighted by Crippen LogP contribution is -2.18. The number of alkyl halides is 3. The largest absolute Gasteiger partial charge is 0.504 e. The molecule has 0 aliphatic carbocycles. The smallest absolute Gasteiger partial charge is 0.416 e. The average molecular weight is 510 g/mol. The van der Waals surface area contributed by atoms with E-state index in [9.17, 15) is 18.3 Å². The number of benzene rings is 3. The number of phenolic OH excluding ortho intramolecular Hbond substituents is 1. The normalized spacial score (nSPS) is 11.6. The van der Waals surface area contributed by atoms with Gasteiger partial charge in [-0.25, -0.2) is 0 Å². The molecule has 0 amide bonds. The third-order valence-corrected chi connectivity index (χ3v) is 5.98. The van der Waals surface area contributed by atoms with E-state index in [1.165, 1.54) is 12.1 Å². The Morgan fingerprint density at radius 2 is 1.73 bits per heavy atom. The van der Waals surface area contributed by atoms with Gasteiger partial charge in [-0.2, -0.15) is 13.2 Å². The molecule has 8 heteroatoms. The van der Waals surface area contributed by atoms with Gasteiger partial charge in [-0.05, 0) is 60.8 Å². The number of nitrogens with one attached hydrogen (secondary N) is 2. The summed E-state index contributed by atoms with van der Waals surface area (Å²) in [4.78, 5) is 4.45. The third-order valence-electron chi connectivity index (χ3n) is 5.98. The van der Waals surface area contributed by atoms with Crippen molar-refractivity contribution in [3.8, 4) is 22.6 Å². The van der Waals surface area contributed by atoms with Gasteiger partial charge in [0.05, 0.1) is 17.7 Å². The fourth-order valence-electron chi connectivity index (χ4n) is 4.07. The number of phenols is 1. The number of pyridine rings is 1. The maximum Gasteiger partial charge on any atom is 0.416 e. The Morgan fingerprint density at radius 1 is 0.946 bits per heavy atom. The molecule has 0 bridgehead atoms. The number of hydrogen-bond donors (Lipinski definition) is 3. The SMILES string of the molecule is CCCOc1c(O)cccc1CNCCCNc1ccnc2cc(-c3ccc(C(F)(F)F)cc3)ccc12. The second kappa shape index (κ2) is 12.0. The lowest BCUT2D eigenvalue weighted by molar-refractivity contribution is -0.137. The number of rotatable bonds is 11. The molecule has 3 N–H and O–H groups in total.